The normalized spacial score (nSPS) is 13.8. The van der Waals surface area contributed by atoms with Crippen molar-refractivity contribution >= 4 is 56.5 Å². The molecule has 0 bridgehead atoms. The minimum Gasteiger partial charge on any atom is -0.506 e. The number of aromatic hydroxyl groups is 2. The molecule has 0 aliphatic heterocycles. The maximum absolute atomic E-state index is 13.0. The van der Waals surface area contributed by atoms with Gasteiger partial charge in [0.15, 0.2) is 4.75 Å². The molecule has 3 aromatic carbocycles. The molecule has 0 fully saturated rings. The van der Waals surface area contributed by atoms with Gasteiger partial charge in [0, 0.05) is 26.2 Å². The van der Waals surface area contributed by atoms with Crippen molar-refractivity contribution < 1.29 is 23.2 Å². The van der Waals surface area contributed by atoms with Crippen LogP contribution in [0.15, 0.2) is 54.6 Å². The summed E-state index contributed by atoms with van der Waals surface area (Å²) in [5, 5.41) is 20.0. The lowest BCUT2D eigenvalue weighted by Gasteiger charge is -2.34. The number of halogens is 4. The van der Waals surface area contributed by atoms with Crippen molar-refractivity contribution in [3.05, 3.63) is 91.4 Å². The molecule has 152 valence electrons. The van der Waals surface area contributed by atoms with E-state index in [0.29, 0.717) is 0 Å². The van der Waals surface area contributed by atoms with Gasteiger partial charge in [-0.3, -0.25) is 4.55 Å². The Bertz CT molecular complexity index is 1190. The van der Waals surface area contributed by atoms with Crippen molar-refractivity contribution in [1.29, 1.82) is 0 Å². The summed E-state index contributed by atoms with van der Waals surface area (Å²) in [7, 11) is -5.07. The minimum atomic E-state index is -5.07. The second-order valence-corrected chi connectivity index (χ2v) is 9.28. The summed E-state index contributed by atoms with van der Waals surface area (Å²) in [5.74, 6) is -1.21. The molecule has 1 unspecified atom stereocenters. The number of phenols is 2. The first-order valence-corrected chi connectivity index (χ1v) is 10.8. The van der Waals surface area contributed by atoms with Gasteiger partial charge < -0.3 is 10.2 Å². The molecule has 0 saturated heterocycles. The first-order chi connectivity index (χ1) is 13.5. The maximum atomic E-state index is 13.0. The molecule has 3 aromatic rings. The van der Waals surface area contributed by atoms with Crippen LogP contribution in [0.3, 0.4) is 0 Å². The van der Waals surface area contributed by atoms with Gasteiger partial charge in [-0.2, -0.15) is 8.42 Å². The quantitative estimate of drug-likeness (QED) is 0.311. The Hall–Kier alpha value is -1.67. The van der Waals surface area contributed by atoms with Gasteiger partial charge in [-0.1, -0.05) is 70.7 Å². The van der Waals surface area contributed by atoms with E-state index in [1.165, 1.54) is 36.4 Å². The third-order valence-corrected chi connectivity index (χ3v) is 7.11. The molecule has 0 radical (unpaired) electrons. The van der Waals surface area contributed by atoms with Crippen LogP contribution in [0.25, 0.3) is 0 Å². The number of rotatable bonds is 4. The van der Waals surface area contributed by atoms with Crippen LogP contribution in [-0.4, -0.2) is 23.2 Å². The number of hydrogen-bond acceptors (Lipinski definition) is 4. The van der Waals surface area contributed by atoms with E-state index in [2.05, 4.69) is 0 Å². The minimum absolute atomic E-state index is 0.00919. The first kappa shape index (κ1) is 22.0. The Labute approximate surface area is 186 Å². The highest BCUT2D eigenvalue weighted by Gasteiger charge is 2.51. The molecule has 0 saturated carbocycles. The SMILES string of the molecule is O=S(=O)(O)C(c1cc(O)c(Cl)c(O)c1)(c1ccccc1Cl)c1ccc(Cl)cc1Cl. The zero-order valence-corrected chi connectivity index (χ0v) is 18.1. The summed E-state index contributed by atoms with van der Waals surface area (Å²) in [4.78, 5) is 0. The van der Waals surface area contributed by atoms with Crippen LogP contribution in [0.4, 0.5) is 0 Å². The number of benzene rings is 3. The van der Waals surface area contributed by atoms with Gasteiger partial charge in [0.1, 0.15) is 16.5 Å². The Morgan fingerprint density at radius 2 is 1.31 bits per heavy atom. The molecule has 3 N–H and O–H groups in total. The van der Waals surface area contributed by atoms with E-state index >= 15 is 0 Å². The molecule has 0 aliphatic carbocycles. The lowest BCUT2D eigenvalue weighted by molar-refractivity contribution is 0.444. The third-order valence-electron chi connectivity index (χ3n) is 4.39. The molecule has 0 heterocycles. The highest BCUT2D eigenvalue weighted by molar-refractivity contribution is 7.87. The second-order valence-electron chi connectivity index (χ2n) is 6.09. The standard InChI is InChI=1S/C19H12Cl4O5S/c20-11-5-6-13(15(22)9-11)19(29(26,27)28,12-3-1-2-4-14(12)21)10-7-16(24)18(23)17(25)8-10/h1-9,24-25H,(H,26,27,28). The zero-order valence-electron chi connectivity index (χ0n) is 14.3. The molecule has 5 nitrogen and oxygen atoms in total. The molecule has 29 heavy (non-hydrogen) atoms. The van der Waals surface area contributed by atoms with E-state index in [0.717, 1.165) is 12.1 Å². The molecule has 0 aromatic heterocycles. The van der Waals surface area contributed by atoms with Crippen LogP contribution in [0.5, 0.6) is 11.5 Å². The maximum Gasteiger partial charge on any atom is 0.283 e. The first-order valence-electron chi connectivity index (χ1n) is 7.89. The van der Waals surface area contributed by atoms with Gasteiger partial charge in [-0.05, 0) is 35.9 Å². The summed E-state index contributed by atoms with van der Waals surface area (Å²) in [6.45, 7) is 0. The monoisotopic (exact) mass is 492 g/mol. The van der Waals surface area contributed by atoms with Gasteiger partial charge in [-0.25, -0.2) is 0 Å². The average molecular weight is 494 g/mol. The Balaban J connectivity index is 2.61. The molecular formula is C19H12Cl4O5S. The van der Waals surface area contributed by atoms with Crippen molar-refractivity contribution in [2.75, 3.05) is 0 Å². The van der Waals surface area contributed by atoms with Crippen molar-refractivity contribution in [3.63, 3.8) is 0 Å². The summed E-state index contributed by atoms with van der Waals surface area (Å²) < 4.78 is 34.0. The van der Waals surface area contributed by atoms with E-state index in [9.17, 15) is 23.2 Å². The lowest BCUT2D eigenvalue weighted by Crippen LogP contribution is -2.38. The lowest BCUT2D eigenvalue weighted by atomic mass is 9.83. The fourth-order valence-electron chi connectivity index (χ4n) is 3.20. The van der Waals surface area contributed by atoms with E-state index in [1.54, 1.807) is 6.07 Å². The summed E-state index contributed by atoms with van der Waals surface area (Å²) in [6.07, 6.45) is 0. The van der Waals surface area contributed by atoms with Crippen LogP contribution in [0.2, 0.25) is 20.1 Å². The molecule has 1 atom stereocenters. The fraction of sp³-hybridized carbons (Fsp3) is 0.0526. The van der Waals surface area contributed by atoms with Gasteiger partial charge >= 0.3 is 0 Å². The number of hydrogen-bond donors (Lipinski definition) is 3. The Morgan fingerprint density at radius 1 is 0.759 bits per heavy atom. The molecule has 0 aliphatic rings. The highest BCUT2D eigenvalue weighted by Crippen LogP contribution is 2.51. The van der Waals surface area contributed by atoms with Gasteiger partial charge in [0.25, 0.3) is 10.1 Å². The zero-order chi connectivity index (χ0) is 21.6. The Kier molecular flexibility index (Phi) is 5.98. The molecule has 0 spiro atoms. The Morgan fingerprint density at radius 3 is 1.83 bits per heavy atom. The fourth-order valence-corrected chi connectivity index (χ4v) is 5.58. The molecule has 3 rings (SSSR count). The van der Waals surface area contributed by atoms with Crippen molar-refractivity contribution in [2.45, 2.75) is 4.75 Å². The topological polar surface area (TPSA) is 94.8 Å². The van der Waals surface area contributed by atoms with Crippen LogP contribution < -0.4 is 0 Å². The van der Waals surface area contributed by atoms with Gasteiger partial charge in [0.2, 0.25) is 0 Å². The third kappa shape index (κ3) is 3.65. The van der Waals surface area contributed by atoms with Crippen molar-refractivity contribution in [2.24, 2.45) is 0 Å². The summed E-state index contributed by atoms with van der Waals surface area (Å²) in [5.41, 5.74) is -0.397. The van der Waals surface area contributed by atoms with Crippen LogP contribution in [-0.2, 0) is 14.9 Å². The van der Waals surface area contributed by atoms with Gasteiger partial charge in [0.05, 0.1) is 0 Å². The second kappa shape index (κ2) is 7.87. The van der Waals surface area contributed by atoms with Crippen LogP contribution >= 0.6 is 46.4 Å². The summed E-state index contributed by atoms with van der Waals surface area (Å²) >= 11 is 24.4. The largest absolute Gasteiger partial charge is 0.506 e. The molecule has 0 amide bonds. The molecular weight excluding hydrogens is 482 g/mol. The molecule has 10 heteroatoms. The smallest absolute Gasteiger partial charge is 0.283 e. The van der Waals surface area contributed by atoms with E-state index in [-0.39, 0.29) is 36.8 Å². The van der Waals surface area contributed by atoms with Crippen LogP contribution in [0, 0.1) is 0 Å². The van der Waals surface area contributed by atoms with Crippen molar-refractivity contribution in [1.82, 2.24) is 0 Å². The van der Waals surface area contributed by atoms with Crippen molar-refractivity contribution in [3.8, 4) is 11.5 Å². The van der Waals surface area contributed by atoms with E-state index in [4.69, 9.17) is 46.4 Å². The predicted molar refractivity (Wildman–Crippen MR) is 114 cm³/mol. The number of phenolic OH excluding ortho intramolecular Hbond substituents is 2. The van der Waals surface area contributed by atoms with Gasteiger partial charge in [-0.15, -0.1) is 0 Å². The van der Waals surface area contributed by atoms with E-state index < -0.39 is 26.4 Å². The van der Waals surface area contributed by atoms with E-state index in [1.807, 2.05) is 0 Å². The van der Waals surface area contributed by atoms with Crippen LogP contribution in [0.1, 0.15) is 16.7 Å². The summed E-state index contributed by atoms with van der Waals surface area (Å²) in [6, 6.07) is 11.9. The highest BCUT2D eigenvalue weighted by atomic mass is 35.5. The predicted octanol–water partition coefficient (Wildman–Crippen LogP) is 5.89. The average Bonchev–Trinajstić information content (AvgIpc) is 2.62.